The fourth-order valence-corrected chi connectivity index (χ4v) is 4.94. The molecule has 1 aliphatic rings. The number of carbonyl (C=O) groups is 1. The zero-order valence-electron chi connectivity index (χ0n) is 13.5. The molecular weight excluding hydrogens is 326 g/mol. The number of hydrogen-bond donors (Lipinski definition) is 1. The second-order valence-corrected chi connectivity index (χ2v) is 8.21. The summed E-state index contributed by atoms with van der Waals surface area (Å²) in [5.41, 5.74) is 3.60. The summed E-state index contributed by atoms with van der Waals surface area (Å²) in [5, 5.41) is 12.7. The van der Waals surface area contributed by atoms with Gasteiger partial charge in [0.1, 0.15) is 5.78 Å². The first-order valence-electron chi connectivity index (χ1n) is 8.05. The molecule has 0 bridgehead atoms. The molecule has 23 heavy (non-hydrogen) atoms. The van der Waals surface area contributed by atoms with Crippen molar-refractivity contribution in [3.05, 3.63) is 29.3 Å². The summed E-state index contributed by atoms with van der Waals surface area (Å²) in [5.74, 6) is 0.359. The molecule has 0 aliphatic heterocycles. The SMILES string of the molecule is CCc1cccc(C)c1Nc1nnc(S[C@@H]2CCCCC2=O)s1. The van der Waals surface area contributed by atoms with E-state index in [0.29, 0.717) is 12.2 Å². The predicted molar refractivity (Wildman–Crippen MR) is 96.9 cm³/mol. The summed E-state index contributed by atoms with van der Waals surface area (Å²) in [6.07, 6.45) is 4.82. The Kier molecular flexibility index (Phi) is 5.33. The van der Waals surface area contributed by atoms with E-state index in [1.54, 1.807) is 11.8 Å². The van der Waals surface area contributed by atoms with Crippen molar-refractivity contribution in [1.82, 2.24) is 10.2 Å². The molecule has 6 heteroatoms. The molecule has 1 fully saturated rings. The Hall–Kier alpha value is -1.40. The molecule has 4 nitrogen and oxygen atoms in total. The second-order valence-electron chi connectivity index (χ2n) is 5.78. The van der Waals surface area contributed by atoms with Gasteiger partial charge in [0.25, 0.3) is 0 Å². The molecule has 1 heterocycles. The van der Waals surface area contributed by atoms with E-state index >= 15 is 0 Å². The Bertz CT molecular complexity index is 699. The van der Waals surface area contributed by atoms with E-state index in [4.69, 9.17) is 0 Å². The maximum Gasteiger partial charge on any atom is 0.210 e. The Morgan fingerprint density at radius 2 is 2.22 bits per heavy atom. The number of ketones is 1. The third kappa shape index (κ3) is 3.93. The van der Waals surface area contributed by atoms with Crippen molar-refractivity contribution >= 4 is 39.7 Å². The number of thioether (sulfide) groups is 1. The van der Waals surface area contributed by atoms with E-state index < -0.39 is 0 Å². The minimum atomic E-state index is 0.0641. The molecule has 1 aromatic carbocycles. The lowest BCUT2D eigenvalue weighted by Gasteiger charge is -2.18. The lowest BCUT2D eigenvalue weighted by atomic mass is 9.99. The Balaban J connectivity index is 1.71. The van der Waals surface area contributed by atoms with E-state index in [1.165, 1.54) is 22.5 Å². The van der Waals surface area contributed by atoms with Crippen molar-refractivity contribution in [3.63, 3.8) is 0 Å². The van der Waals surface area contributed by atoms with Crippen LogP contribution in [-0.4, -0.2) is 21.2 Å². The Morgan fingerprint density at radius 3 is 3.00 bits per heavy atom. The zero-order valence-corrected chi connectivity index (χ0v) is 15.1. The van der Waals surface area contributed by atoms with Crippen LogP contribution in [0.25, 0.3) is 0 Å². The van der Waals surface area contributed by atoms with Crippen LogP contribution in [0.1, 0.15) is 43.7 Å². The van der Waals surface area contributed by atoms with Gasteiger partial charge in [0, 0.05) is 12.1 Å². The normalized spacial score (nSPS) is 18.2. The number of Topliss-reactive ketones (excluding diaryl/α,β-unsaturated/α-hetero) is 1. The van der Waals surface area contributed by atoms with Gasteiger partial charge in [0.15, 0.2) is 4.34 Å². The fraction of sp³-hybridized carbons (Fsp3) is 0.471. The number of hydrogen-bond acceptors (Lipinski definition) is 6. The van der Waals surface area contributed by atoms with Gasteiger partial charge in [-0.2, -0.15) is 0 Å². The highest BCUT2D eigenvalue weighted by atomic mass is 32.2. The predicted octanol–water partition coefficient (Wildman–Crippen LogP) is 4.76. The number of nitrogens with one attached hydrogen (secondary N) is 1. The second kappa shape index (κ2) is 7.45. The summed E-state index contributed by atoms with van der Waals surface area (Å²) in [6.45, 7) is 4.24. The van der Waals surface area contributed by atoms with E-state index in [2.05, 4.69) is 47.6 Å². The molecule has 0 radical (unpaired) electrons. The average molecular weight is 348 g/mol. The fourth-order valence-electron chi connectivity index (χ4n) is 2.81. The Labute approximate surface area is 145 Å². The van der Waals surface area contributed by atoms with Crippen LogP contribution in [-0.2, 0) is 11.2 Å². The third-order valence-corrected chi connectivity index (χ3v) is 6.36. The largest absolute Gasteiger partial charge is 0.330 e. The molecule has 1 N–H and O–H groups in total. The summed E-state index contributed by atoms with van der Waals surface area (Å²) in [7, 11) is 0. The van der Waals surface area contributed by atoms with Crippen LogP contribution in [0.2, 0.25) is 0 Å². The monoisotopic (exact) mass is 347 g/mol. The van der Waals surface area contributed by atoms with Crippen LogP contribution in [0.3, 0.4) is 0 Å². The maximum absolute atomic E-state index is 11.9. The van der Waals surface area contributed by atoms with Crippen LogP contribution in [0.5, 0.6) is 0 Å². The first-order valence-corrected chi connectivity index (χ1v) is 9.75. The molecule has 0 spiro atoms. The number of aromatic nitrogens is 2. The van der Waals surface area contributed by atoms with Gasteiger partial charge < -0.3 is 5.32 Å². The van der Waals surface area contributed by atoms with Gasteiger partial charge in [0.2, 0.25) is 5.13 Å². The maximum atomic E-state index is 11.9. The van der Waals surface area contributed by atoms with Gasteiger partial charge >= 0.3 is 0 Å². The first kappa shape index (κ1) is 16.5. The molecule has 0 saturated heterocycles. The topological polar surface area (TPSA) is 54.9 Å². The minimum Gasteiger partial charge on any atom is -0.330 e. The molecule has 122 valence electrons. The number of nitrogens with zero attached hydrogens (tertiary/aromatic N) is 2. The summed E-state index contributed by atoms with van der Waals surface area (Å²) < 4.78 is 0.874. The van der Waals surface area contributed by atoms with Crippen molar-refractivity contribution in [2.45, 2.75) is 55.5 Å². The number of rotatable bonds is 5. The van der Waals surface area contributed by atoms with Crippen molar-refractivity contribution in [1.29, 1.82) is 0 Å². The molecule has 1 aromatic heterocycles. The molecule has 1 atom stereocenters. The van der Waals surface area contributed by atoms with E-state index in [-0.39, 0.29) is 5.25 Å². The number of carbonyl (C=O) groups excluding carboxylic acids is 1. The van der Waals surface area contributed by atoms with Crippen molar-refractivity contribution < 1.29 is 4.79 Å². The summed E-state index contributed by atoms with van der Waals surface area (Å²) in [4.78, 5) is 11.9. The highest BCUT2D eigenvalue weighted by Crippen LogP contribution is 2.36. The van der Waals surface area contributed by atoms with Gasteiger partial charge in [-0.3, -0.25) is 4.79 Å². The average Bonchev–Trinajstić information content (AvgIpc) is 2.99. The first-order chi connectivity index (χ1) is 11.2. The van der Waals surface area contributed by atoms with E-state index in [9.17, 15) is 4.79 Å². The van der Waals surface area contributed by atoms with Crippen LogP contribution in [0.4, 0.5) is 10.8 Å². The van der Waals surface area contributed by atoms with Gasteiger partial charge in [-0.1, -0.05) is 54.6 Å². The van der Waals surface area contributed by atoms with Gasteiger partial charge in [-0.25, -0.2) is 0 Å². The van der Waals surface area contributed by atoms with Crippen LogP contribution < -0.4 is 5.32 Å². The lowest BCUT2D eigenvalue weighted by molar-refractivity contribution is -0.119. The number of benzene rings is 1. The molecule has 0 amide bonds. The van der Waals surface area contributed by atoms with Gasteiger partial charge in [-0.05, 0) is 37.3 Å². The molecule has 3 rings (SSSR count). The van der Waals surface area contributed by atoms with Crippen LogP contribution in [0.15, 0.2) is 22.5 Å². The zero-order chi connectivity index (χ0) is 16.2. The minimum absolute atomic E-state index is 0.0641. The van der Waals surface area contributed by atoms with Crippen molar-refractivity contribution in [2.75, 3.05) is 5.32 Å². The lowest BCUT2D eigenvalue weighted by Crippen LogP contribution is -2.21. The number of para-hydroxylation sites is 1. The highest BCUT2D eigenvalue weighted by molar-refractivity contribution is 8.02. The van der Waals surface area contributed by atoms with Crippen molar-refractivity contribution in [2.24, 2.45) is 0 Å². The Morgan fingerprint density at radius 1 is 1.35 bits per heavy atom. The quantitative estimate of drug-likeness (QED) is 0.845. The van der Waals surface area contributed by atoms with E-state index in [0.717, 1.165) is 40.8 Å². The van der Waals surface area contributed by atoms with Crippen LogP contribution >= 0.6 is 23.1 Å². The molecule has 1 saturated carbocycles. The summed E-state index contributed by atoms with van der Waals surface area (Å²) in [6, 6.07) is 6.31. The number of anilines is 2. The molecule has 0 unspecified atom stereocenters. The summed E-state index contributed by atoms with van der Waals surface area (Å²) >= 11 is 3.10. The van der Waals surface area contributed by atoms with Crippen LogP contribution in [0, 0.1) is 6.92 Å². The number of aryl methyl sites for hydroxylation is 2. The molecular formula is C17H21N3OS2. The highest BCUT2D eigenvalue weighted by Gasteiger charge is 2.24. The van der Waals surface area contributed by atoms with Gasteiger partial charge in [0.05, 0.1) is 5.25 Å². The third-order valence-electron chi connectivity index (χ3n) is 4.12. The van der Waals surface area contributed by atoms with Crippen molar-refractivity contribution in [3.8, 4) is 0 Å². The van der Waals surface area contributed by atoms with Gasteiger partial charge in [-0.15, -0.1) is 10.2 Å². The molecule has 2 aromatic rings. The van der Waals surface area contributed by atoms with E-state index in [1.807, 2.05) is 0 Å². The smallest absolute Gasteiger partial charge is 0.210 e. The standard InChI is InChI=1S/C17H21N3OS2/c1-3-12-8-6-7-11(2)15(12)18-16-19-20-17(23-16)22-14-10-5-4-9-13(14)21/h6-8,14H,3-5,9-10H2,1-2H3,(H,18,19)/t14-/m1/s1. The molecule has 1 aliphatic carbocycles.